The highest BCUT2D eigenvalue weighted by atomic mass is 35.5. The lowest BCUT2D eigenvalue weighted by Gasteiger charge is -2.26. The van der Waals surface area contributed by atoms with Crippen molar-refractivity contribution in [1.29, 1.82) is 0 Å². The van der Waals surface area contributed by atoms with E-state index in [0.717, 1.165) is 0 Å². The highest BCUT2D eigenvalue weighted by molar-refractivity contribution is 5.85. The molecule has 1 aromatic rings. The standard InChI is InChI=1S/C17H25NO3.ClH/c1-12(13-8-6-5-7-9-13)18-15-11-20-10-14(15)16(19)21-17(2,3)4;/h5-9,12,14-15,18H,10-11H2,1-4H3;1H/t12-,14-,15-;/m0./s1. The monoisotopic (exact) mass is 327 g/mol. The first-order valence-electron chi connectivity index (χ1n) is 7.48. The smallest absolute Gasteiger partial charge is 0.313 e. The number of carbonyl (C=O) groups excluding carboxylic acids is 1. The average Bonchev–Trinajstić information content (AvgIpc) is 2.86. The maximum atomic E-state index is 12.2. The summed E-state index contributed by atoms with van der Waals surface area (Å²) < 4.78 is 11.0. The second-order valence-corrected chi connectivity index (χ2v) is 6.58. The molecule has 1 aromatic carbocycles. The van der Waals surface area contributed by atoms with E-state index in [0.29, 0.717) is 13.2 Å². The van der Waals surface area contributed by atoms with Gasteiger partial charge in [-0.15, -0.1) is 12.4 Å². The predicted molar refractivity (Wildman–Crippen MR) is 89.2 cm³/mol. The van der Waals surface area contributed by atoms with Crippen LogP contribution in [0.4, 0.5) is 0 Å². The Morgan fingerprint density at radius 2 is 1.91 bits per heavy atom. The number of halogens is 1. The summed E-state index contributed by atoms with van der Waals surface area (Å²) in [6.45, 7) is 8.72. The molecule has 0 saturated carbocycles. The van der Waals surface area contributed by atoms with Gasteiger partial charge in [0.25, 0.3) is 0 Å². The summed E-state index contributed by atoms with van der Waals surface area (Å²) in [6.07, 6.45) is 0. The van der Waals surface area contributed by atoms with Gasteiger partial charge in [-0.3, -0.25) is 4.79 Å². The van der Waals surface area contributed by atoms with Crippen LogP contribution in [0.1, 0.15) is 39.3 Å². The van der Waals surface area contributed by atoms with Gasteiger partial charge in [-0.05, 0) is 33.3 Å². The Kier molecular flexibility index (Phi) is 6.85. The topological polar surface area (TPSA) is 47.6 Å². The molecular weight excluding hydrogens is 302 g/mol. The molecule has 0 aliphatic carbocycles. The molecule has 1 aliphatic rings. The molecule has 1 saturated heterocycles. The third kappa shape index (κ3) is 5.27. The van der Waals surface area contributed by atoms with Crippen molar-refractivity contribution in [3.05, 3.63) is 35.9 Å². The van der Waals surface area contributed by atoms with Gasteiger partial charge in [0.2, 0.25) is 0 Å². The molecule has 0 spiro atoms. The zero-order valence-corrected chi connectivity index (χ0v) is 14.5. The van der Waals surface area contributed by atoms with E-state index in [4.69, 9.17) is 9.47 Å². The van der Waals surface area contributed by atoms with E-state index in [2.05, 4.69) is 24.4 Å². The Balaban J connectivity index is 0.00000242. The van der Waals surface area contributed by atoms with Crippen LogP contribution in [0.3, 0.4) is 0 Å². The molecule has 2 rings (SSSR count). The molecule has 1 aliphatic heterocycles. The van der Waals surface area contributed by atoms with Gasteiger partial charge in [0.15, 0.2) is 0 Å². The zero-order chi connectivity index (χ0) is 15.5. The molecule has 0 amide bonds. The zero-order valence-electron chi connectivity index (χ0n) is 13.7. The summed E-state index contributed by atoms with van der Waals surface area (Å²) in [6, 6.07) is 10.4. The van der Waals surface area contributed by atoms with Gasteiger partial charge >= 0.3 is 5.97 Å². The molecule has 4 nitrogen and oxygen atoms in total. The second-order valence-electron chi connectivity index (χ2n) is 6.58. The quantitative estimate of drug-likeness (QED) is 0.863. The fourth-order valence-electron chi connectivity index (χ4n) is 2.49. The lowest BCUT2D eigenvalue weighted by atomic mass is 10.0. The number of hydrogen-bond acceptors (Lipinski definition) is 4. The van der Waals surface area contributed by atoms with Crippen LogP contribution in [0.5, 0.6) is 0 Å². The molecule has 0 unspecified atom stereocenters. The highest BCUT2D eigenvalue weighted by Gasteiger charge is 2.37. The molecule has 5 heteroatoms. The Hall–Kier alpha value is -1.10. The van der Waals surface area contributed by atoms with Gasteiger partial charge < -0.3 is 14.8 Å². The molecule has 124 valence electrons. The minimum absolute atomic E-state index is 0. The fraction of sp³-hybridized carbons (Fsp3) is 0.588. The van der Waals surface area contributed by atoms with Crippen molar-refractivity contribution >= 4 is 18.4 Å². The minimum atomic E-state index is -0.463. The van der Waals surface area contributed by atoms with Crippen LogP contribution in [0, 0.1) is 5.92 Å². The molecule has 1 fully saturated rings. The van der Waals surface area contributed by atoms with Crippen LogP contribution in [0.15, 0.2) is 30.3 Å². The summed E-state index contributed by atoms with van der Waals surface area (Å²) in [5, 5.41) is 3.49. The van der Waals surface area contributed by atoms with Gasteiger partial charge in [0.1, 0.15) is 5.60 Å². The summed E-state index contributed by atoms with van der Waals surface area (Å²) >= 11 is 0. The fourth-order valence-corrected chi connectivity index (χ4v) is 2.49. The molecule has 0 bridgehead atoms. The second kappa shape index (κ2) is 7.95. The summed E-state index contributed by atoms with van der Waals surface area (Å²) in [7, 11) is 0. The van der Waals surface area contributed by atoms with Crippen molar-refractivity contribution in [2.75, 3.05) is 13.2 Å². The Bertz CT molecular complexity index is 473. The Labute approximate surface area is 139 Å². The molecular formula is C17H26ClNO3. The van der Waals surface area contributed by atoms with Gasteiger partial charge in [0, 0.05) is 12.1 Å². The summed E-state index contributed by atoms with van der Waals surface area (Å²) in [5.41, 5.74) is 0.738. The van der Waals surface area contributed by atoms with Gasteiger partial charge in [-0.1, -0.05) is 30.3 Å². The number of ether oxygens (including phenoxy) is 2. The maximum Gasteiger partial charge on any atom is 0.313 e. The molecule has 22 heavy (non-hydrogen) atoms. The van der Waals surface area contributed by atoms with Crippen molar-refractivity contribution in [2.24, 2.45) is 5.92 Å². The maximum absolute atomic E-state index is 12.2. The molecule has 0 radical (unpaired) electrons. The van der Waals surface area contributed by atoms with Crippen LogP contribution in [-0.2, 0) is 14.3 Å². The summed E-state index contributed by atoms with van der Waals surface area (Å²) in [5.74, 6) is -0.423. The van der Waals surface area contributed by atoms with Crippen molar-refractivity contribution in [3.8, 4) is 0 Å². The lowest BCUT2D eigenvalue weighted by Crippen LogP contribution is -2.42. The van der Waals surface area contributed by atoms with Gasteiger partial charge in [-0.25, -0.2) is 0 Å². The van der Waals surface area contributed by atoms with E-state index < -0.39 is 5.60 Å². The SMILES string of the molecule is C[C@H](N[C@H]1COC[C@@H]1C(=O)OC(C)(C)C)c1ccccc1.Cl. The van der Waals surface area contributed by atoms with Crippen LogP contribution in [0.2, 0.25) is 0 Å². The normalized spacial score (nSPS) is 22.7. The van der Waals surface area contributed by atoms with E-state index in [1.165, 1.54) is 5.56 Å². The number of carbonyl (C=O) groups is 1. The third-order valence-electron chi connectivity index (χ3n) is 3.55. The summed E-state index contributed by atoms with van der Waals surface area (Å²) in [4.78, 5) is 12.2. The molecule has 3 atom stereocenters. The number of rotatable bonds is 4. The van der Waals surface area contributed by atoms with Crippen LogP contribution in [0.25, 0.3) is 0 Å². The van der Waals surface area contributed by atoms with Crippen LogP contribution < -0.4 is 5.32 Å². The first-order chi connectivity index (χ1) is 9.87. The van der Waals surface area contributed by atoms with E-state index in [9.17, 15) is 4.79 Å². The van der Waals surface area contributed by atoms with Crippen molar-refractivity contribution < 1.29 is 14.3 Å². The van der Waals surface area contributed by atoms with Crippen LogP contribution in [-0.4, -0.2) is 30.8 Å². The molecule has 1 N–H and O–H groups in total. The van der Waals surface area contributed by atoms with E-state index in [-0.39, 0.29) is 36.4 Å². The van der Waals surface area contributed by atoms with E-state index in [1.54, 1.807) is 0 Å². The predicted octanol–water partition coefficient (Wildman–Crippen LogP) is 3.12. The lowest BCUT2D eigenvalue weighted by molar-refractivity contribution is -0.160. The number of nitrogens with one attached hydrogen (secondary N) is 1. The van der Waals surface area contributed by atoms with Gasteiger partial charge in [0.05, 0.1) is 19.1 Å². The number of hydrogen-bond donors (Lipinski definition) is 1. The molecule has 0 aromatic heterocycles. The Morgan fingerprint density at radius 3 is 2.50 bits per heavy atom. The van der Waals surface area contributed by atoms with Gasteiger partial charge in [-0.2, -0.15) is 0 Å². The van der Waals surface area contributed by atoms with Crippen molar-refractivity contribution in [3.63, 3.8) is 0 Å². The first-order valence-corrected chi connectivity index (χ1v) is 7.48. The van der Waals surface area contributed by atoms with E-state index >= 15 is 0 Å². The largest absolute Gasteiger partial charge is 0.460 e. The number of benzene rings is 1. The molecule has 1 heterocycles. The highest BCUT2D eigenvalue weighted by Crippen LogP contribution is 2.22. The van der Waals surface area contributed by atoms with Crippen molar-refractivity contribution in [2.45, 2.75) is 45.4 Å². The number of esters is 1. The minimum Gasteiger partial charge on any atom is -0.460 e. The van der Waals surface area contributed by atoms with Crippen LogP contribution >= 0.6 is 12.4 Å². The Morgan fingerprint density at radius 1 is 1.27 bits per heavy atom. The van der Waals surface area contributed by atoms with E-state index in [1.807, 2.05) is 39.0 Å². The van der Waals surface area contributed by atoms with Crippen molar-refractivity contribution in [1.82, 2.24) is 5.32 Å². The third-order valence-corrected chi connectivity index (χ3v) is 3.55. The average molecular weight is 328 g/mol. The first kappa shape index (κ1) is 18.9.